The van der Waals surface area contributed by atoms with Crippen LogP contribution in [0, 0.1) is 0 Å². The van der Waals surface area contributed by atoms with Gasteiger partial charge < -0.3 is 4.74 Å². The molecule has 0 spiro atoms. The van der Waals surface area contributed by atoms with Crippen LogP contribution in [0.2, 0.25) is 0 Å². The number of rotatable bonds is 4. The molecule has 0 saturated carbocycles. The molecule has 2 nitrogen and oxygen atoms in total. The lowest BCUT2D eigenvalue weighted by molar-refractivity contribution is 0.104. The molecule has 2 rings (SSSR count). The Morgan fingerprint density at radius 1 is 1.05 bits per heavy atom. The van der Waals surface area contributed by atoms with Gasteiger partial charge in [0.05, 0.1) is 7.11 Å². The van der Waals surface area contributed by atoms with Gasteiger partial charge in [0.2, 0.25) is 0 Å². The molecule has 0 N–H and O–H groups in total. The number of halogens is 2. The second-order valence-corrected chi connectivity index (χ2v) is 5.92. The predicted molar refractivity (Wildman–Crippen MR) is 88.2 cm³/mol. The van der Waals surface area contributed by atoms with Gasteiger partial charge in [0.25, 0.3) is 0 Å². The molecular formula is C16H12Br2O2. The fraction of sp³-hybridized carbons (Fsp3) is 0.0625. The number of carbonyl (C=O) groups excluding carboxylic acids is 1. The maximum Gasteiger partial charge on any atom is 0.185 e. The number of hydrogen-bond acceptors (Lipinski definition) is 2. The van der Waals surface area contributed by atoms with Gasteiger partial charge in [-0.25, -0.2) is 0 Å². The zero-order valence-electron chi connectivity index (χ0n) is 10.8. The second-order valence-electron chi connectivity index (χ2n) is 4.09. The van der Waals surface area contributed by atoms with Gasteiger partial charge in [-0.05, 0) is 54.6 Å². The number of benzene rings is 2. The summed E-state index contributed by atoms with van der Waals surface area (Å²) < 4.78 is 7.15. The number of hydrogen-bond donors (Lipinski definition) is 0. The third-order valence-corrected chi connectivity index (χ3v) is 3.76. The zero-order valence-corrected chi connectivity index (χ0v) is 13.9. The molecule has 0 amide bonds. The molecule has 0 fully saturated rings. The fourth-order valence-corrected chi connectivity index (χ4v) is 2.35. The maximum absolute atomic E-state index is 12.1. The van der Waals surface area contributed by atoms with Gasteiger partial charge >= 0.3 is 0 Å². The lowest BCUT2D eigenvalue weighted by atomic mass is 10.1. The Morgan fingerprint density at radius 3 is 2.35 bits per heavy atom. The van der Waals surface area contributed by atoms with Crippen LogP contribution in [0.5, 0.6) is 5.75 Å². The molecule has 0 aliphatic carbocycles. The summed E-state index contributed by atoms with van der Waals surface area (Å²) in [7, 11) is 1.61. The second kappa shape index (κ2) is 6.86. The summed E-state index contributed by atoms with van der Waals surface area (Å²) in [4.78, 5) is 12.1. The van der Waals surface area contributed by atoms with Gasteiger partial charge in [-0.15, -0.1) is 0 Å². The monoisotopic (exact) mass is 394 g/mol. The first-order chi connectivity index (χ1) is 9.60. The zero-order chi connectivity index (χ0) is 14.5. The molecule has 102 valence electrons. The summed E-state index contributed by atoms with van der Waals surface area (Å²) >= 11 is 6.75. The number of ether oxygens (including phenoxy) is 1. The average Bonchev–Trinajstić information content (AvgIpc) is 2.45. The summed E-state index contributed by atoms with van der Waals surface area (Å²) in [5.41, 5.74) is 1.51. The van der Waals surface area contributed by atoms with Crippen LogP contribution in [-0.4, -0.2) is 12.9 Å². The Balaban J connectivity index is 2.22. The van der Waals surface area contributed by atoms with E-state index in [1.807, 2.05) is 30.3 Å². The smallest absolute Gasteiger partial charge is 0.185 e. The molecule has 0 aliphatic rings. The van der Waals surface area contributed by atoms with Crippen molar-refractivity contribution in [1.29, 1.82) is 0 Å². The van der Waals surface area contributed by atoms with E-state index in [1.54, 1.807) is 31.4 Å². The Kier molecular flexibility index (Phi) is 5.15. The van der Waals surface area contributed by atoms with Crippen LogP contribution in [0.25, 0.3) is 6.08 Å². The Bertz CT molecular complexity index is 646. The topological polar surface area (TPSA) is 26.3 Å². The van der Waals surface area contributed by atoms with E-state index >= 15 is 0 Å². The van der Waals surface area contributed by atoms with E-state index in [1.165, 1.54) is 0 Å². The van der Waals surface area contributed by atoms with Crippen LogP contribution < -0.4 is 4.74 Å². The fourth-order valence-electron chi connectivity index (χ4n) is 1.71. The van der Waals surface area contributed by atoms with Crippen molar-refractivity contribution < 1.29 is 9.53 Å². The van der Waals surface area contributed by atoms with Crippen molar-refractivity contribution in [2.75, 3.05) is 7.11 Å². The van der Waals surface area contributed by atoms with Crippen LogP contribution in [0.1, 0.15) is 15.9 Å². The minimum Gasteiger partial charge on any atom is -0.496 e. The van der Waals surface area contributed by atoms with Gasteiger partial charge in [0.15, 0.2) is 5.78 Å². The first-order valence-electron chi connectivity index (χ1n) is 5.91. The van der Waals surface area contributed by atoms with Gasteiger partial charge in [0.1, 0.15) is 5.75 Å². The molecular weight excluding hydrogens is 384 g/mol. The predicted octanol–water partition coefficient (Wildman–Crippen LogP) is 5.12. The normalized spacial score (nSPS) is 10.8. The van der Waals surface area contributed by atoms with Crippen LogP contribution in [-0.2, 0) is 0 Å². The van der Waals surface area contributed by atoms with Crippen molar-refractivity contribution in [2.45, 2.75) is 0 Å². The highest BCUT2D eigenvalue weighted by Crippen LogP contribution is 2.24. The van der Waals surface area contributed by atoms with E-state index in [9.17, 15) is 4.79 Å². The molecule has 0 atom stereocenters. The molecule has 0 aliphatic heterocycles. The summed E-state index contributed by atoms with van der Waals surface area (Å²) in [5, 5.41) is 0. The van der Waals surface area contributed by atoms with Gasteiger partial charge in [-0.3, -0.25) is 4.79 Å². The number of allylic oxidation sites excluding steroid dienone is 1. The summed E-state index contributed by atoms with van der Waals surface area (Å²) in [6.07, 6.45) is 3.31. The average molecular weight is 396 g/mol. The quantitative estimate of drug-likeness (QED) is 0.530. The van der Waals surface area contributed by atoms with Gasteiger partial charge in [0, 0.05) is 20.1 Å². The summed E-state index contributed by atoms with van der Waals surface area (Å²) in [6, 6.07) is 12.9. The molecule has 20 heavy (non-hydrogen) atoms. The van der Waals surface area contributed by atoms with E-state index < -0.39 is 0 Å². The van der Waals surface area contributed by atoms with Crippen LogP contribution in [0.15, 0.2) is 57.5 Å². The maximum atomic E-state index is 12.1. The Labute approximate surface area is 134 Å². The molecule has 4 heteroatoms. The number of carbonyl (C=O) groups is 1. The summed E-state index contributed by atoms with van der Waals surface area (Å²) in [5.74, 6) is 0.688. The highest BCUT2D eigenvalue weighted by Gasteiger charge is 2.03. The molecule has 0 radical (unpaired) electrons. The van der Waals surface area contributed by atoms with Crippen molar-refractivity contribution in [1.82, 2.24) is 0 Å². The van der Waals surface area contributed by atoms with Gasteiger partial charge in [-0.1, -0.05) is 31.9 Å². The molecule has 0 unspecified atom stereocenters. The van der Waals surface area contributed by atoms with E-state index in [2.05, 4.69) is 31.9 Å². The highest BCUT2D eigenvalue weighted by atomic mass is 79.9. The first kappa shape index (κ1) is 15.0. The van der Waals surface area contributed by atoms with E-state index in [-0.39, 0.29) is 5.78 Å². The number of methoxy groups -OCH3 is 1. The van der Waals surface area contributed by atoms with Gasteiger partial charge in [-0.2, -0.15) is 0 Å². The molecule has 0 saturated heterocycles. The number of ketones is 1. The van der Waals surface area contributed by atoms with Crippen LogP contribution in [0.3, 0.4) is 0 Å². The van der Waals surface area contributed by atoms with Crippen molar-refractivity contribution in [3.8, 4) is 5.75 Å². The van der Waals surface area contributed by atoms with E-state index in [0.29, 0.717) is 5.56 Å². The van der Waals surface area contributed by atoms with Crippen LogP contribution in [0.4, 0.5) is 0 Å². The van der Waals surface area contributed by atoms with Crippen molar-refractivity contribution in [3.63, 3.8) is 0 Å². The minimum atomic E-state index is -0.0421. The molecule has 0 heterocycles. The third kappa shape index (κ3) is 3.81. The summed E-state index contributed by atoms with van der Waals surface area (Å²) in [6.45, 7) is 0. The standard InChI is InChI=1S/C16H12Br2O2/c1-20-16-9-7-14(18)10-12(16)4-8-15(19)11-2-5-13(17)6-3-11/h2-10H,1H3/b8-4+. The van der Waals surface area contributed by atoms with Crippen molar-refractivity contribution in [2.24, 2.45) is 0 Å². The first-order valence-corrected chi connectivity index (χ1v) is 7.50. The Morgan fingerprint density at radius 2 is 1.70 bits per heavy atom. The molecule has 2 aromatic rings. The van der Waals surface area contributed by atoms with Crippen molar-refractivity contribution in [3.05, 3.63) is 68.6 Å². The molecule has 0 aromatic heterocycles. The lowest BCUT2D eigenvalue weighted by Gasteiger charge is -2.04. The Hall–Kier alpha value is -1.39. The minimum absolute atomic E-state index is 0.0421. The largest absolute Gasteiger partial charge is 0.496 e. The van der Waals surface area contributed by atoms with E-state index in [0.717, 1.165) is 20.3 Å². The molecule has 0 bridgehead atoms. The third-order valence-electron chi connectivity index (χ3n) is 2.73. The molecule has 2 aromatic carbocycles. The van der Waals surface area contributed by atoms with Crippen LogP contribution >= 0.6 is 31.9 Å². The lowest BCUT2D eigenvalue weighted by Crippen LogP contribution is -1.94. The SMILES string of the molecule is COc1ccc(Br)cc1/C=C/C(=O)c1ccc(Br)cc1. The van der Waals surface area contributed by atoms with E-state index in [4.69, 9.17) is 4.74 Å². The highest BCUT2D eigenvalue weighted by molar-refractivity contribution is 9.10. The van der Waals surface area contributed by atoms with Crippen molar-refractivity contribution >= 4 is 43.7 Å².